The SMILES string of the molecule is CCC1=C(C)C=C(C)N(c2ncc(C)c(=O)[nH]2)C1. The van der Waals surface area contributed by atoms with Crippen LogP contribution < -0.4 is 10.5 Å². The van der Waals surface area contributed by atoms with Crippen LogP contribution in [0.3, 0.4) is 0 Å². The van der Waals surface area contributed by atoms with Crippen molar-refractivity contribution in [3.8, 4) is 0 Å². The van der Waals surface area contributed by atoms with Gasteiger partial charge in [0.15, 0.2) is 0 Å². The number of hydrogen-bond donors (Lipinski definition) is 1. The lowest BCUT2D eigenvalue weighted by molar-refractivity contribution is 0.839. The Labute approximate surface area is 107 Å². The summed E-state index contributed by atoms with van der Waals surface area (Å²) in [5.74, 6) is 0.623. The Morgan fingerprint density at radius 1 is 1.39 bits per heavy atom. The zero-order valence-electron chi connectivity index (χ0n) is 11.4. The number of allylic oxidation sites excluding steroid dienone is 3. The molecule has 0 saturated heterocycles. The van der Waals surface area contributed by atoms with Crippen molar-refractivity contribution < 1.29 is 0 Å². The highest BCUT2D eigenvalue weighted by atomic mass is 16.1. The van der Waals surface area contributed by atoms with Gasteiger partial charge in [0.25, 0.3) is 5.56 Å². The Morgan fingerprint density at radius 3 is 2.72 bits per heavy atom. The highest BCUT2D eigenvalue weighted by molar-refractivity contribution is 5.48. The molecule has 0 saturated carbocycles. The molecule has 2 rings (SSSR count). The number of H-pyrrole nitrogens is 1. The number of nitrogens with zero attached hydrogens (tertiary/aromatic N) is 2. The first-order valence-electron chi connectivity index (χ1n) is 6.23. The molecule has 96 valence electrons. The fourth-order valence-electron chi connectivity index (χ4n) is 2.15. The maximum Gasteiger partial charge on any atom is 0.255 e. The van der Waals surface area contributed by atoms with Crippen LogP contribution in [0.15, 0.2) is 33.9 Å². The van der Waals surface area contributed by atoms with E-state index in [1.165, 1.54) is 11.1 Å². The van der Waals surface area contributed by atoms with E-state index in [-0.39, 0.29) is 5.56 Å². The zero-order valence-corrected chi connectivity index (χ0v) is 11.4. The van der Waals surface area contributed by atoms with Crippen LogP contribution in [0.1, 0.15) is 32.8 Å². The highest BCUT2D eigenvalue weighted by Gasteiger charge is 2.18. The molecule has 0 aliphatic carbocycles. The number of aromatic amines is 1. The van der Waals surface area contributed by atoms with Crippen molar-refractivity contribution in [2.24, 2.45) is 0 Å². The van der Waals surface area contributed by atoms with Crippen molar-refractivity contribution in [3.05, 3.63) is 45.0 Å². The van der Waals surface area contributed by atoms with Crippen LogP contribution in [0.4, 0.5) is 5.95 Å². The second-order valence-corrected chi connectivity index (χ2v) is 4.73. The van der Waals surface area contributed by atoms with E-state index in [0.717, 1.165) is 18.7 Å². The summed E-state index contributed by atoms with van der Waals surface area (Å²) in [6.45, 7) is 8.88. The summed E-state index contributed by atoms with van der Waals surface area (Å²) >= 11 is 0. The molecule has 0 bridgehead atoms. The molecule has 1 aliphatic heterocycles. The zero-order chi connectivity index (χ0) is 13.3. The molecule has 0 radical (unpaired) electrons. The van der Waals surface area contributed by atoms with Gasteiger partial charge in [-0.05, 0) is 44.4 Å². The molecule has 0 aromatic carbocycles. The number of rotatable bonds is 2. The van der Waals surface area contributed by atoms with Gasteiger partial charge in [-0.25, -0.2) is 4.98 Å². The lowest BCUT2D eigenvalue weighted by Crippen LogP contribution is -2.30. The molecule has 1 aliphatic rings. The lowest BCUT2D eigenvalue weighted by atomic mass is 10.0. The average Bonchev–Trinajstić information content (AvgIpc) is 2.33. The van der Waals surface area contributed by atoms with Gasteiger partial charge in [0.2, 0.25) is 5.95 Å². The molecule has 0 atom stereocenters. The van der Waals surface area contributed by atoms with Gasteiger partial charge in [-0.3, -0.25) is 9.78 Å². The summed E-state index contributed by atoms with van der Waals surface area (Å²) < 4.78 is 0. The summed E-state index contributed by atoms with van der Waals surface area (Å²) in [6, 6.07) is 0. The minimum atomic E-state index is -0.0721. The monoisotopic (exact) mass is 245 g/mol. The predicted molar refractivity (Wildman–Crippen MR) is 73.7 cm³/mol. The first kappa shape index (κ1) is 12.6. The summed E-state index contributed by atoms with van der Waals surface area (Å²) in [7, 11) is 0. The summed E-state index contributed by atoms with van der Waals surface area (Å²) in [4.78, 5) is 20.8. The first-order valence-corrected chi connectivity index (χ1v) is 6.23. The second kappa shape index (κ2) is 4.80. The number of aryl methyl sites for hydroxylation is 1. The molecule has 18 heavy (non-hydrogen) atoms. The van der Waals surface area contributed by atoms with Crippen molar-refractivity contribution in [3.63, 3.8) is 0 Å². The van der Waals surface area contributed by atoms with Crippen LogP contribution in [0, 0.1) is 6.92 Å². The van der Waals surface area contributed by atoms with Crippen molar-refractivity contribution >= 4 is 5.95 Å². The molecule has 4 heteroatoms. The molecule has 1 N–H and O–H groups in total. The normalized spacial score (nSPS) is 16.0. The standard InChI is InChI=1S/C14H19N3O/c1-5-12-8-17(11(4)6-9(12)2)14-15-7-10(3)13(18)16-14/h6-7H,5,8H2,1-4H3,(H,15,16,18). The Bertz CT molecular complexity index is 581. The van der Waals surface area contributed by atoms with Crippen LogP contribution in [0.2, 0.25) is 0 Å². The topological polar surface area (TPSA) is 49.0 Å². The van der Waals surface area contributed by atoms with Gasteiger partial charge < -0.3 is 4.90 Å². The Kier molecular flexibility index (Phi) is 3.36. The second-order valence-electron chi connectivity index (χ2n) is 4.73. The molecule has 1 aromatic heterocycles. The smallest absolute Gasteiger partial charge is 0.255 e. The van der Waals surface area contributed by atoms with Crippen molar-refractivity contribution in [1.29, 1.82) is 0 Å². The Hall–Kier alpha value is -1.84. The summed E-state index contributed by atoms with van der Waals surface area (Å²) in [6.07, 6.45) is 4.78. The van der Waals surface area contributed by atoms with E-state index < -0.39 is 0 Å². The number of hydrogen-bond acceptors (Lipinski definition) is 3. The summed E-state index contributed by atoms with van der Waals surface area (Å²) in [5, 5.41) is 0. The average molecular weight is 245 g/mol. The molecule has 0 fully saturated rings. The third kappa shape index (κ3) is 2.23. The maximum atomic E-state index is 11.7. The molecular weight excluding hydrogens is 226 g/mol. The third-order valence-corrected chi connectivity index (χ3v) is 3.40. The Balaban J connectivity index is 2.39. The molecule has 1 aromatic rings. The van der Waals surface area contributed by atoms with Gasteiger partial charge in [0.1, 0.15) is 0 Å². The maximum absolute atomic E-state index is 11.7. The predicted octanol–water partition coefficient (Wildman–Crippen LogP) is 2.53. The van der Waals surface area contributed by atoms with E-state index in [2.05, 4.69) is 29.9 Å². The minimum absolute atomic E-state index is 0.0721. The van der Waals surface area contributed by atoms with Gasteiger partial charge in [0.05, 0.1) is 0 Å². The first-order chi connectivity index (χ1) is 8.52. The van der Waals surface area contributed by atoms with Gasteiger partial charge >= 0.3 is 0 Å². The molecule has 0 unspecified atom stereocenters. The third-order valence-electron chi connectivity index (χ3n) is 3.40. The van der Waals surface area contributed by atoms with Crippen molar-refractivity contribution in [1.82, 2.24) is 9.97 Å². The van der Waals surface area contributed by atoms with Crippen LogP contribution in [-0.2, 0) is 0 Å². The van der Waals surface area contributed by atoms with E-state index in [9.17, 15) is 4.79 Å². The Morgan fingerprint density at radius 2 is 2.11 bits per heavy atom. The van der Waals surface area contributed by atoms with E-state index in [1.807, 2.05) is 11.8 Å². The number of aromatic nitrogens is 2. The quantitative estimate of drug-likeness (QED) is 0.871. The van der Waals surface area contributed by atoms with E-state index in [4.69, 9.17) is 0 Å². The van der Waals surface area contributed by atoms with E-state index in [0.29, 0.717) is 11.5 Å². The van der Waals surface area contributed by atoms with E-state index in [1.54, 1.807) is 13.1 Å². The van der Waals surface area contributed by atoms with Crippen LogP contribution in [0.5, 0.6) is 0 Å². The minimum Gasteiger partial charge on any atom is -0.312 e. The summed E-state index contributed by atoms with van der Waals surface area (Å²) in [5.41, 5.74) is 4.37. The van der Waals surface area contributed by atoms with Crippen LogP contribution in [-0.4, -0.2) is 16.5 Å². The van der Waals surface area contributed by atoms with Crippen LogP contribution in [0.25, 0.3) is 0 Å². The highest BCUT2D eigenvalue weighted by Crippen LogP contribution is 2.24. The number of nitrogens with one attached hydrogen (secondary N) is 1. The van der Waals surface area contributed by atoms with Gasteiger partial charge in [0, 0.05) is 24.0 Å². The molecular formula is C14H19N3O. The molecule has 0 amide bonds. The van der Waals surface area contributed by atoms with Gasteiger partial charge in [-0.15, -0.1) is 0 Å². The molecule has 0 spiro atoms. The lowest BCUT2D eigenvalue weighted by Gasteiger charge is -2.29. The fraction of sp³-hybridized carbons (Fsp3) is 0.429. The largest absolute Gasteiger partial charge is 0.312 e. The van der Waals surface area contributed by atoms with Crippen LogP contribution >= 0.6 is 0 Å². The van der Waals surface area contributed by atoms with Crippen molar-refractivity contribution in [2.45, 2.75) is 34.1 Å². The van der Waals surface area contributed by atoms with E-state index >= 15 is 0 Å². The van der Waals surface area contributed by atoms with Crippen molar-refractivity contribution in [2.75, 3.05) is 11.4 Å². The molecule has 2 heterocycles. The fourth-order valence-corrected chi connectivity index (χ4v) is 2.15. The number of anilines is 1. The molecule has 4 nitrogen and oxygen atoms in total. The van der Waals surface area contributed by atoms with Gasteiger partial charge in [-0.1, -0.05) is 6.92 Å². The van der Waals surface area contributed by atoms with Gasteiger partial charge in [-0.2, -0.15) is 0 Å².